The van der Waals surface area contributed by atoms with Crippen LogP contribution in [0.25, 0.3) is 23.1 Å². The van der Waals surface area contributed by atoms with Crippen LogP contribution in [-0.4, -0.2) is 35.6 Å². The second-order valence-corrected chi connectivity index (χ2v) is 11.2. The Bertz CT molecular complexity index is 1110. The van der Waals surface area contributed by atoms with E-state index in [1.807, 2.05) is 42.5 Å². The summed E-state index contributed by atoms with van der Waals surface area (Å²) >= 11 is 17.0. The van der Waals surface area contributed by atoms with Crippen LogP contribution in [0.3, 0.4) is 0 Å². The minimum atomic E-state index is 0. The molecule has 184 valence electrons. The Labute approximate surface area is 238 Å². The van der Waals surface area contributed by atoms with Gasteiger partial charge < -0.3 is 22.6 Å². The van der Waals surface area contributed by atoms with E-state index >= 15 is 0 Å². The molecule has 3 rings (SSSR count). The topological polar surface area (TPSA) is 42.2 Å². The molecule has 0 aliphatic carbocycles. The van der Waals surface area contributed by atoms with Crippen molar-refractivity contribution in [3.8, 4) is 0 Å². The highest BCUT2D eigenvalue weighted by Crippen LogP contribution is 2.31. The molecule has 1 aromatic heterocycles. The molecule has 0 saturated heterocycles. The summed E-state index contributed by atoms with van der Waals surface area (Å²) in [6.07, 6.45) is 6.20. The standard InChI is InChI=1S/C25H28Br3ClN4.ClH/c1-4-33(5-2)12-6-7-16(3)30-25-20-9-8-18(29)15-23(20)31-24(32-25)11-10-19-21(27)13-17(26)14-22(19)28;/h8-11,13-16H,4-7,12H2,1-3H3,(H,30,31,32);1H. The molecule has 2 aromatic carbocycles. The van der Waals surface area contributed by atoms with E-state index < -0.39 is 0 Å². The number of hydrogen-bond donors (Lipinski definition) is 2. The van der Waals surface area contributed by atoms with Gasteiger partial charge in [-0.1, -0.05) is 59.4 Å². The average molecular weight is 696 g/mol. The quantitative estimate of drug-likeness (QED) is 0.334. The lowest BCUT2D eigenvalue weighted by Crippen LogP contribution is -3.11. The number of fused-ring (bicyclic) bond motifs is 1. The van der Waals surface area contributed by atoms with Crippen LogP contribution in [0, 0.1) is 0 Å². The Balaban J connectivity index is 0.00000408. The molecule has 0 aliphatic heterocycles. The molecule has 0 spiro atoms. The maximum absolute atomic E-state index is 6.27. The number of hydrogen-bond acceptors (Lipinski definition) is 3. The van der Waals surface area contributed by atoms with Gasteiger partial charge in [-0.2, -0.15) is 0 Å². The normalized spacial score (nSPS) is 12.4. The van der Waals surface area contributed by atoms with Crippen LogP contribution in [0.2, 0.25) is 5.02 Å². The fraction of sp³-hybridized carbons (Fsp3) is 0.360. The largest absolute Gasteiger partial charge is 1.00 e. The number of aromatic nitrogens is 2. The summed E-state index contributed by atoms with van der Waals surface area (Å²) in [7, 11) is 0. The third-order valence-electron chi connectivity index (χ3n) is 5.67. The Morgan fingerprint density at radius 2 is 1.71 bits per heavy atom. The molecule has 0 bridgehead atoms. The number of anilines is 1. The van der Waals surface area contributed by atoms with Crippen molar-refractivity contribution in [1.29, 1.82) is 0 Å². The number of benzene rings is 2. The van der Waals surface area contributed by atoms with Gasteiger partial charge in [0.15, 0.2) is 5.82 Å². The van der Waals surface area contributed by atoms with Gasteiger partial charge in [-0.05, 0) is 76.1 Å². The fourth-order valence-corrected chi connectivity index (χ4v) is 6.43. The van der Waals surface area contributed by atoms with Crippen molar-refractivity contribution in [2.45, 2.75) is 39.7 Å². The third kappa shape index (κ3) is 8.17. The number of quaternary nitrogens is 1. The number of rotatable bonds is 10. The van der Waals surface area contributed by atoms with Crippen molar-refractivity contribution >= 4 is 88.3 Å². The van der Waals surface area contributed by atoms with E-state index in [1.165, 1.54) is 26.1 Å². The second kappa shape index (κ2) is 14.1. The first kappa shape index (κ1) is 29.5. The Morgan fingerprint density at radius 3 is 2.35 bits per heavy atom. The van der Waals surface area contributed by atoms with Crippen molar-refractivity contribution in [3.05, 3.63) is 60.2 Å². The van der Waals surface area contributed by atoms with E-state index in [0.717, 1.165) is 42.1 Å². The summed E-state index contributed by atoms with van der Waals surface area (Å²) < 4.78 is 2.95. The highest BCUT2D eigenvalue weighted by atomic mass is 79.9. The summed E-state index contributed by atoms with van der Waals surface area (Å²) in [6.45, 7) is 10.3. The van der Waals surface area contributed by atoms with E-state index in [0.29, 0.717) is 16.9 Å². The third-order valence-corrected chi connectivity index (χ3v) is 7.67. The first-order valence-electron chi connectivity index (χ1n) is 11.2. The fourth-order valence-electron chi connectivity index (χ4n) is 3.74. The SMILES string of the molecule is CC[NH+](CC)CCCC(C)Nc1nc(C=Cc2c(Br)cc(Br)cc2Br)nc2cc(Cl)ccc12.[Cl-]. The van der Waals surface area contributed by atoms with Gasteiger partial charge in [0, 0.05) is 35.4 Å². The van der Waals surface area contributed by atoms with E-state index in [2.05, 4.69) is 73.9 Å². The van der Waals surface area contributed by atoms with Crippen molar-refractivity contribution < 1.29 is 17.3 Å². The molecule has 2 N–H and O–H groups in total. The van der Waals surface area contributed by atoms with Gasteiger partial charge in [0.1, 0.15) is 5.82 Å². The van der Waals surface area contributed by atoms with Gasteiger partial charge in [-0.25, -0.2) is 9.97 Å². The summed E-state index contributed by atoms with van der Waals surface area (Å²) in [6, 6.07) is 10.1. The molecule has 3 aromatic rings. The predicted molar refractivity (Wildman–Crippen MR) is 152 cm³/mol. The van der Waals surface area contributed by atoms with Crippen LogP contribution < -0.4 is 22.6 Å². The molecule has 0 saturated carbocycles. The highest BCUT2D eigenvalue weighted by molar-refractivity contribution is 9.11. The van der Waals surface area contributed by atoms with Crippen molar-refractivity contribution in [2.24, 2.45) is 0 Å². The van der Waals surface area contributed by atoms with Crippen LogP contribution in [-0.2, 0) is 0 Å². The number of nitrogens with zero attached hydrogens (tertiary/aromatic N) is 2. The van der Waals surface area contributed by atoms with E-state index in [4.69, 9.17) is 21.6 Å². The molecule has 9 heteroatoms. The number of nitrogens with one attached hydrogen (secondary N) is 2. The van der Waals surface area contributed by atoms with Gasteiger partial charge in [0.2, 0.25) is 0 Å². The monoisotopic (exact) mass is 692 g/mol. The van der Waals surface area contributed by atoms with Crippen LogP contribution in [0.15, 0.2) is 43.7 Å². The lowest BCUT2D eigenvalue weighted by Gasteiger charge is -2.19. The summed E-state index contributed by atoms with van der Waals surface area (Å²) in [5.74, 6) is 1.47. The summed E-state index contributed by atoms with van der Waals surface area (Å²) in [4.78, 5) is 11.2. The molecule has 0 radical (unpaired) electrons. The van der Waals surface area contributed by atoms with Gasteiger partial charge in [0.05, 0.1) is 25.2 Å². The zero-order valence-corrected chi connectivity index (χ0v) is 25.7. The zero-order chi connectivity index (χ0) is 24.0. The molecule has 0 fully saturated rings. The molecule has 4 nitrogen and oxygen atoms in total. The Hall–Kier alpha value is -0.700. The maximum Gasteiger partial charge on any atom is 0.154 e. The van der Waals surface area contributed by atoms with Gasteiger partial charge in [-0.3, -0.25) is 0 Å². The average Bonchev–Trinajstić information content (AvgIpc) is 2.75. The molecule has 0 aliphatic rings. The molecule has 0 amide bonds. The minimum Gasteiger partial charge on any atom is -1.00 e. The van der Waals surface area contributed by atoms with Crippen LogP contribution in [0.1, 0.15) is 45.0 Å². The predicted octanol–water partition coefficient (Wildman–Crippen LogP) is 4.25. The lowest BCUT2D eigenvalue weighted by molar-refractivity contribution is -0.896. The van der Waals surface area contributed by atoms with E-state index in [-0.39, 0.29) is 12.4 Å². The molecule has 1 heterocycles. The van der Waals surface area contributed by atoms with E-state index in [9.17, 15) is 0 Å². The van der Waals surface area contributed by atoms with Crippen molar-refractivity contribution in [2.75, 3.05) is 25.0 Å². The lowest BCUT2D eigenvalue weighted by atomic mass is 10.1. The first-order valence-corrected chi connectivity index (χ1v) is 14.0. The molecule has 1 atom stereocenters. The van der Waals surface area contributed by atoms with Crippen LogP contribution in [0.4, 0.5) is 5.82 Å². The van der Waals surface area contributed by atoms with Crippen LogP contribution in [0.5, 0.6) is 0 Å². The van der Waals surface area contributed by atoms with Crippen molar-refractivity contribution in [1.82, 2.24) is 9.97 Å². The molecule has 1 unspecified atom stereocenters. The molecular formula is C25H29Br3Cl2N4. The number of halogens is 5. The zero-order valence-electron chi connectivity index (χ0n) is 19.4. The van der Waals surface area contributed by atoms with E-state index in [1.54, 1.807) is 4.90 Å². The van der Waals surface area contributed by atoms with Crippen molar-refractivity contribution in [3.63, 3.8) is 0 Å². The Kier molecular flexibility index (Phi) is 12.3. The summed E-state index contributed by atoms with van der Waals surface area (Å²) in [5, 5.41) is 5.26. The smallest absolute Gasteiger partial charge is 0.154 e. The highest BCUT2D eigenvalue weighted by Gasteiger charge is 2.12. The van der Waals surface area contributed by atoms with Gasteiger partial charge in [0.25, 0.3) is 0 Å². The van der Waals surface area contributed by atoms with Gasteiger partial charge in [-0.15, -0.1) is 0 Å². The van der Waals surface area contributed by atoms with Crippen LogP contribution >= 0.6 is 59.4 Å². The minimum absolute atomic E-state index is 0. The second-order valence-electron chi connectivity index (χ2n) is 8.10. The molecular weight excluding hydrogens is 667 g/mol. The summed E-state index contributed by atoms with van der Waals surface area (Å²) in [5.41, 5.74) is 1.85. The Morgan fingerprint density at radius 1 is 1.03 bits per heavy atom. The maximum atomic E-state index is 6.27. The first-order chi connectivity index (χ1) is 15.8. The molecule has 34 heavy (non-hydrogen) atoms. The van der Waals surface area contributed by atoms with Gasteiger partial charge >= 0.3 is 0 Å².